The molecule has 1 saturated heterocycles. The number of pyridine rings is 1. The van der Waals surface area contributed by atoms with Crippen LogP contribution in [0.2, 0.25) is 0 Å². The molecule has 0 amide bonds. The highest BCUT2D eigenvalue weighted by Crippen LogP contribution is 2.41. The monoisotopic (exact) mass is 379 g/mol. The van der Waals surface area contributed by atoms with Crippen LogP contribution in [-0.2, 0) is 13.1 Å². The van der Waals surface area contributed by atoms with Gasteiger partial charge in [0, 0.05) is 60.9 Å². The lowest BCUT2D eigenvalue weighted by atomic mass is 10.00. The van der Waals surface area contributed by atoms with Crippen molar-refractivity contribution in [1.29, 1.82) is 0 Å². The predicted molar refractivity (Wildman–Crippen MR) is 105 cm³/mol. The van der Waals surface area contributed by atoms with E-state index in [1.807, 2.05) is 12.1 Å². The van der Waals surface area contributed by atoms with Gasteiger partial charge in [0.1, 0.15) is 0 Å². The van der Waals surface area contributed by atoms with Crippen molar-refractivity contribution >= 4 is 11.3 Å². The molecule has 1 aliphatic carbocycles. The third kappa shape index (κ3) is 3.70. The van der Waals surface area contributed by atoms with Crippen LogP contribution in [0.25, 0.3) is 11.3 Å². The molecule has 27 heavy (non-hydrogen) atoms. The lowest BCUT2D eigenvalue weighted by Gasteiger charge is -2.38. The van der Waals surface area contributed by atoms with Crippen molar-refractivity contribution in [3.63, 3.8) is 0 Å². The van der Waals surface area contributed by atoms with Crippen molar-refractivity contribution in [2.75, 3.05) is 13.1 Å². The Labute approximate surface area is 161 Å². The molecule has 0 spiro atoms. The second-order valence-corrected chi connectivity index (χ2v) is 8.38. The van der Waals surface area contributed by atoms with Gasteiger partial charge in [-0.25, -0.2) is 9.67 Å². The van der Waals surface area contributed by atoms with Crippen LogP contribution in [-0.4, -0.2) is 37.7 Å². The van der Waals surface area contributed by atoms with Crippen LogP contribution in [0.1, 0.15) is 29.5 Å². The average Bonchev–Trinajstić information content (AvgIpc) is 3.41. The van der Waals surface area contributed by atoms with Gasteiger partial charge in [0.05, 0.1) is 22.9 Å². The second-order valence-electron chi connectivity index (χ2n) is 7.49. The summed E-state index contributed by atoms with van der Waals surface area (Å²) in [6, 6.07) is 7.20. The molecule has 1 aliphatic heterocycles. The van der Waals surface area contributed by atoms with Gasteiger partial charge in [0.2, 0.25) is 0 Å². The van der Waals surface area contributed by atoms with Gasteiger partial charge >= 0.3 is 0 Å². The quantitative estimate of drug-likeness (QED) is 0.659. The minimum absolute atomic E-state index is 0.0466. The Hall–Kier alpha value is -2.38. The number of hydrogen-bond donors (Lipinski definition) is 0. The van der Waals surface area contributed by atoms with Gasteiger partial charge < -0.3 is 0 Å². The largest absolute Gasteiger partial charge is 0.297 e. The van der Waals surface area contributed by atoms with E-state index in [2.05, 4.69) is 20.4 Å². The molecule has 0 bridgehead atoms. The van der Waals surface area contributed by atoms with Crippen LogP contribution in [0.3, 0.4) is 0 Å². The maximum Gasteiger partial charge on any atom is 0.266 e. The summed E-state index contributed by atoms with van der Waals surface area (Å²) < 4.78 is 1.60. The highest BCUT2D eigenvalue weighted by molar-refractivity contribution is 7.09. The Morgan fingerprint density at radius 1 is 1.19 bits per heavy atom. The summed E-state index contributed by atoms with van der Waals surface area (Å²) in [6.45, 7) is 3.55. The Balaban J connectivity index is 1.20. The number of nitrogens with zero attached hydrogens (tertiary/aromatic N) is 5. The van der Waals surface area contributed by atoms with Crippen LogP contribution in [0.4, 0.5) is 0 Å². The van der Waals surface area contributed by atoms with Gasteiger partial charge in [-0.1, -0.05) is 0 Å². The normalized spacial score (nSPS) is 17.8. The molecule has 5 rings (SSSR count). The summed E-state index contributed by atoms with van der Waals surface area (Å²) in [5.74, 6) is 1.19. The third-order valence-electron chi connectivity index (χ3n) is 5.17. The van der Waals surface area contributed by atoms with Gasteiger partial charge in [-0.05, 0) is 31.0 Å². The van der Waals surface area contributed by atoms with Crippen molar-refractivity contribution in [2.45, 2.75) is 31.8 Å². The van der Waals surface area contributed by atoms with E-state index in [4.69, 9.17) is 4.98 Å². The van der Waals surface area contributed by atoms with Crippen molar-refractivity contribution in [1.82, 2.24) is 24.6 Å². The van der Waals surface area contributed by atoms with E-state index in [1.54, 1.807) is 40.5 Å². The van der Waals surface area contributed by atoms with E-state index < -0.39 is 0 Å². The van der Waals surface area contributed by atoms with Gasteiger partial charge in [0.15, 0.2) is 0 Å². The fourth-order valence-corrected chi connectivity index (χ4v) is 4.54. The standard InChI is InChI=1S/C20H21N5OS/c26-19-6-5-18(16-2-1-7-21-8-16)23-25(19)11-14-9-24(10-14)12-17-13-27-20(22-17)15-3-4-15/h1-2,5-8,13-15H,3-4,9-12H2. The molecule has 6 nitrogen and oxygen atoms in total. The first-order valence-corrected chi connectivity index (χ1v) is 10.3. The average molecular weight is 379 g/mol. The minimum atomic E-state index is -0.0466. The first-order valence-electron chi connectivity index (χ1n) is 9.40. The highest BCUT2D eigenvalue weighted by atomic mass is 32.1. The Morgan fingerprint density at radius 2 is 2.07 bits per heavy atom. The Kier molecular flexibility index (Phi) is 4.33. The van der Waals surface area contributed by atoms with Crippen LogP contribution in [0.15, 0.2) is 46.8 Å². The fraction of sp³-hybridized carbons (Fsp3) is 0.400. The maximum absolute atomic E-state index is 12.2. The number of thiazole rings is 1. The lowest BCUT2D eigenvalue weighted by Crippen LogP contribution is -2.48. The second kappa shape index (κ2) is 6.98. The van der Waals surface area contributed by atoms with Gasteiger partial charge in [-0.15, -0.1) is 11.3 Å². The van der Waals surface area contributed by atoms with Gasteiger partial charge in [0.25, 0.3) is 5.56 Å². The van der Waals surface area contributed by atoms with E-state index in [0.29, 0.717) is 12.5 Å². The summed E-state index contributed by atoms with van der Waals surface area (Å²) in [7, 11) is 0. The minimum Gasteiger partial charge on any atom is -0.297 e. The first kappa shape index (κ1) is 16.8. The van der Waals surface area contributed by atoms with Crippen molar-refractivity contribution in [2.24, 2.45) is 5.92 Å². The number of aromatic nitrogens is 4. The third-order valence-corrected chi connectivity index (χ3v) is 6.23. The zero-order valence-corrected chi connectivity index (χ0v) is 15.8. The zero-order chi connectivity index (χ0) is 18.2. The summed E-state index contributed by atoms with van der Waals surface area (Å²) in [5.41, 5.74) is 2.86. The van der Waals surface area contributed by atoms with E-state index in [9.17, 15) is 4.79 Å². The molecular formula is C20H21N5OS. The molecule has 0 aromatic carbocycles. The molecule has 0 N–H and O–H groups in total. The predicted octanol–water partition coefficient (Wildman–Crippen LogP) is 2.77. The summed E-state index contributed by atoms with van der Waals surface area (Å²) in [5, 5.41) is 8.05. The number of likely N-dealkylation sites (tertiary alicyclic amines) is 1. The highest BCUT2D eigenvalue weighted by Gasteiger charge is 2.30. The van der Waals surface area contributed by atoms with Gasteiger partial charge in [-0.3, -0.25) is 14.7 Å². The Morgan fingerprint density at radius 3 is 2.85 bits per heavy atom. The van der Waals surface area contributed by atoms with Gasteiger partial charge in [-0.2, -0.15) is 5.10 Å². The first-order chi connectivity index (χ1) is 13.2. The van der Waals surface area contributed by atoms with E-state index in [-0.39, 0.29) is 5.56 Å². The topological polar surface area (TPSA) is 63.9 Å². The molecule has 7 heteroatoms. The molecule has 0 radical (unpaired) electrons. The number of hydrogen-bond acceptors (Lipinski definition) is 6. The lowest BCUT2D eigenvalue weighted by molar-refractivity contribution is 0.0756. The molecule has 3 aromatic heterocycles. The summed E-state index contributed by atoms with van der Waals surface area (Å²) in [4.78, 5) is 23.5. The fourth-order valence-electron chi connectivity index (χ4n) is 3.56. The molecule has 4 heterocycles. The molecule has 1 saturated carbocycles. The molecule has 2 aliphatic rings. The van der Waals surface area contributed by atoms with Crippen LogP contribution < -0.4 is 5.56 Å². The van der Waals surface area contributed by atoms with Crippen molar-refractivity contribution < 1.29 is 0 Å². The molecular weight excluding hydrogens is 358 g/mol. The zero-order valence-electron chi connectivity index (χ0n) is 15.0. The number of rotatable bonds is 6. The van der Waals surface area contributed by atoms with E-state index in [0.717, 1.165) is 36.8 Å². The molecule has 0 unspecified atom stereocenters. The maximum atomic E-state index is 12.2. The summed E-state index contributed by atoms with van der Waals surface area (Å²) >= 11 is 1.80. The smallest absolute Gasteiger partial charge is 0.266 e. The van der Waals surface area contributed by atoms with Crippen molar-refractivity contribution in [3.8, 4) is 11.3 Å². The van der Waals surface area contributed by atoms with Crippen LogP contribution >= 0.6 is 11.3 Å². The van der Waals surface area contributed by atoms with E-state index in [1.165, 1.54) is 23.5 Å². The van der Waals surface area contributed by atoms with Crippen LogP contribution in [0.5, 0.6) is 0 Å². The van der Waals surface area contributed by atoms with Crippen molar-refractivity contribution in [3.05, 3.63) is 63.1 Å². The van der Waals surface area contributed by atoms with E-state index >= 15 is 0 Å². The summed E-state index contributed by atoms with van der Waals surface area (Å²) in [6.07, 6.45) is 6.11. The SMILES string of the molecule is O=c1ccc(-c2cccnc2)nn1CC1CN(Cc2csc(C3CC3)n2)C1. The van der Waals surface area contributed by atoms with Crippen LogP contribution in [0, 0.1) is 5.92 Å². The molecule has 2 fully saturated rings. The molecule has 3 aromatic rings. The molecule has 138 valence electrons. The Bertz CT molecular complexity index is 989. The molecule has 0 atom stereocenters.